The smallest absolute Gasteiger partial charge is 0.254 e. The molecule has 0 saturated heterocycles. The number of rotatable bonds is 4. The largest absolute Gasteiger partial charge is 0.334 e. The number of carbonyl (C=O) groups is 1. The number of aromatic nitrogens is 5. The van der Waals surface area contributed by atoms with Gasteiger partial charge in [-0.2, -0.15) is 5.10 Å². The third kappa shape index (κ3) is 2.98. The summed E-state index contributed by atoms with van der Waals surface area (Å²) in [5.41, 5.74) is 3.26. The Kier molecular flexibility index (Phi) is 3.99. The van der Waals surface area contributed by atoms with Gasteiger partial charge in [-0.05, 0) is 37.0 Å². The van der Waals surface area contributed by atoms with Crippen molar-refractivity contribution in [2.75, 3.05) is 6.54 Å². The van der Waals surface area contributed by atoms with Crippen LogP contribution in [0.1, 0.15) is 34.5 Å². The average Bonchev–Trinajstić information content (AvgIpc) is 3.30. The Balaban J connectivity index is 1.47. The Bertz CT molecular complexity index is 1050. The molecule has 1 aliphatic carbocycles. The maximum absolute atomic E-state index is 13.5. The van der Waals surface area contributed by atoms with Gasteiger partial charge >= 0.3 is 0 Å². The highest BCUT2D eigenvalue weighted by Gasteiger charge is 2.30. The third-order valence-electron chi connectivity index (χ3n) is 5.58. The lowest BCUT2D eigenvalue weighted by atomic mass is 10.0. The van der Waals surface area contributed by atoms with E-state index in [-0.39, 0.29) is 5.91 Å². The fourth-order valence-corrected chi connectivity index (χ4v) is 3.90. The van der Waals surface area contributed by atoms with Crippen molar-refractivity contribution in [3.63, 3.8) is 0 Å². The zero-order valence-corrected chi connectivity index (χ0v) is 15.7. The van der Waals surface area contributed by atoms with Crippen molar-refractivity contribution < 1.29 is 9.18 Å². The highest BCUT2D eigenvalue weighted by Crippen LogP contribution is 2.33. The molecule has 3 heterocycles. The van der Waals surface area contributed by atoms with Crippen LogP contribution in [-0.4, -0.2) is 41.9 Å². The van der Waals surface area contributed by atoms with Crippen LogP contribution in [-0.2, 0) is 26.6 Å². The van der Waals surface area contributed by atoms with Crippen LogP contribution in [0.5, 0.6) is 0 Å². The molecule has 0 unspecified atom stereocenters. The first-order valence-corrected chi connectivity index (χ1v) is 9.58. The highest BCUT2D eigenvalue weighted by molar-refractivity contribution is 5.94. The summed E-state index contributed by atoms with van der Waals surface area (Å²) in [6.45, 7) is 1.92. The molecule has 28 heavy (non-hydrogen) atoms. The molecule has 8 heteroatoms. The van der Waals surface area contributed by atoms with E-state index >= 15 is 0 Å². The van der Waals surface area contributed by atoms with Gasteiger partial charge in [0.2, 0.25) is 0 Å². The van der Waals surface area contributed by atoms with E-state index in [0.717, 1.165) is 29.3 Å². The van der Waals surface area contributed by atoms with E-state index in [1.807, 2.05) is 11.7 Å². The second-order valence-electron chi connectivity index (χ2n) is 7.63. The SMILES string of the molecule is Cn1nc(-c2nncn2CC2CC2)c2c1CCN(C(=O)c1cccc(F)c1)C2. The number of carbonyl (C=O) groups excluding carboxylic acids is 1. The molecule has 0 bridgehead atoms. The standard InChI is InChI=1S/C20H21FN6O/c1-25-17-7-8-26(20(28)14-3-2-4-15(21)9-14)11-16(17)18(24-25)19-23-22-12-27(19)10-13-5-6-13/h2-4,9,12-13H,5-8,10-11H2,1H3. The van der Waals surface area contributed by atoms with Gasteiger partial charge < -0.3 is 9.47 Å². The third-order valence-corrected chi connectivity index (χ3v) is 5.58. The second-order valence-corrected chi connectivity index (χ2v) is 7.63. The molecule has 3 aromatic rings. The summed E-state index contributed by atoms with van der Waals surface area (Å²) in [5, 5.41) is 13.1. The molecule has 1 saturated carbocycles. The molecule has 2 aromatic heterocycles. The first kappa shape index (κ1) is 17.1. The Hall–Kier alpha value is -3.03. The predicted molar refractivity (Wildman–Crippen MR) is 99.8 cm³/mol. The molecular formula is C20H21FN6O. The summed E-state index contributed by atoms with van der Waals surface area (Å²) in [7, 11) is 1.92. The zero-order chi connectivity index (χ0) is 19.3. The minimum atomic E-state index is -0.404. The summed E-state index contributed by atoms with van der Waals surface area (Å²) in [6, 6.07) is 5.84. The van der Waals surface area contributed by atoms with Crippen molar-refractivity contribution in [3.05, 3.63) is 53.2 Å². The summed E-state index contributed by atoms with van der Waals surface area (Å²) in [6.07, 6.45) is 4.95. The van der Waals surface area contributed by atoms with Crippen LogP contribution < -0.4 is 0 Å². The molecule has 1 amide bonds. The number of nitrogens with zero attached hydrogens (tertiary/aromatic N) is 6. The lowest BCUT2D eigenvalue weighted by molar-refractivity contribution is 0.0733. The van der Waals surface area contributed by atoms with E-state index in [1.54, 1.807) is 23.4 Å². The fraction of sp³-hybridized carbons (Fsp3) is 0.400. The van der Waals surface area contributed by atoms with Crippen molar-refractivity contribution in [2.24, 2.45) is 13.0 Å². The van der Waals surface area contributed by atoms with Gasteiger partial charge in [0.1, 0.15) is 17.8 Å². The summed E-state index contributed by atoms with van der Waals surface area (Å²) in [5.74, 6) is 0.877. The second kappa shape index (κ2) is 6.54. The summed E-state index contributed by atoms with van der Waals surface area (Å²) >= 11 is 0. The normalized spacial score (nSPS) is 16.3. The monoisotopic (exact) mass is 380 g/mol. The first-order chi connectivity index (χ1) is 13.6. The zero-order valence-electron chi connectivity index (χ0n) is 15.7. The maximum Gasteiger partial charge on any atom is 0.254 e. The van der Waals surface area contributed by atoms with Crippen LogP contribution in [0.25, 0.3) is 11.5 Å². The van der Waals surface area contributed by atoms with Crippen molar-refractivity contribution in [3.8, 4) is 11.5 Å². The van der Waals surface area contributed by atoms with Crippen LogP contribution in [0.4, 0.5) is 4.39 Å². The summed E-state index contributed by atoms with van der Waals surface area (Å²) in [4.78, 5) is 14.6. The van der Waals surface area contributed by atoms with Gasteiger partial charge in [-0.1, -0.05) is 6.07 Å². The van der Waals surface area contributed by atoms with Gasteiger partial charge in [-0.25, -0.2) is 4.39 Å². The van der Waals surface area contributed by atoms with Crippen molar-refractivity contribution in [2.45, 2.75) is 32.4 Å². The molecule has 7 nitrogen and oxygen atoms in total. The number of aryl methyl sites for hydroxylation is 1. The Morgan fingerprint density at radius 2 is 2.18 bits per heavy atom. The van der Waals surface area contributed by atoms with Gasteiger partial charge in [0, 0.05) is 43.4 Å². The quantitative estimate of drug-likeness (QED) is 0.697. The van der Waals surface area contributed by atoms with E-state index in [2.05, 4.69) is 14.8 Å². The molecule has 144 valence electrons. The topological polar surface area (TPSA) is 68.8 Å². The lowest BCUT2D eigenvalue weighted by Gasteiger charge is -2.27. The molecule has 5 rings (SSSR count). The molecule has 0 atom stereocenters. The van der Waals surface area contributed by atoms with Crippen molar-refractivity contribution in [1.29, 1.82) is 0 Å². The van der Waals surface area contributed by atoms with E-state index in [0.29, 0.717) is 31.0 Å². The minimum absolute atomic E-state index is 0.167. The van der Waals surface area contributed by atoms with Gasteiger partial charge in [0.25, 0.3) is 5.91 Å². The molecule has 1 aromatic carbocycles. The molecular weight excluding hydrogens is 359 g/mol. The number of amides is 1. The maximum atomic E-state index is 13.5. The molecule has 0 N–H and O–H groups in total. The van der Waals surface area contributed by atoms with E-state index in [1.165, 1.54) is 25.0 Å². The summed E-state index contributed by atoms with van der Waals surface area (Å²) < 4.78 is 17.5. The van der Waals surface area contributed by atoms with Crippen LogP contribution >= 0.6 is 0 Å². The average molecular weight is 380 g/mol. The Morgan fingerprint density at radius 1 is 1.32 bits per heavy atom. The van der Waals surface area contributed by atoms with Gasteiger partial charge in [-0.15, -0.1) is 10.2 Å². The number of hydrogen-bond acceptors (Lipinski definition) is 4. The van der Waals surface area contributed by atoms with Gasteiger partial charge in [0.15, 0.2) is 5.82 Å². The van der Waals surface area contributed by atoms with Crippen LogP contribution in [0, 0.1) is 11.7 Å². The van der Waals surface area contributed by atoms with Crippen molar-refractivity contribution >= 4 is 5.91 Å². The van der Waals surface area contributed by atoms with Crippen LogP contribution in [0.2, 0.25) is 0 Å². The molecule has 0 spiro atoms. The number of benzene rings is 1. The molecule has 1 fully saturated rings. The minimum Gasteiger partial charge on any atom is -0.334 e. The Morgan fingerprint density at radius 3 is 2.96 bits per heavy atom. The molecule has 0 radical (unpaired) electrons. The Labute approximate surface area is 161 Å². The first-order valence-electron chi connectivity index (χ1n) is 9.58. The molecule has 2 aliphatic rings. The fourth-order valence-electron chi connectivity index (χ4n) is 3.90. The van der Waals surface area contributed by atoms with Gasteiger partial charge in [0.05, 0.1) is 6.54 Å². The number of halogens is 1. The van der Waals surface area contributed by atoms with Crippen molar-refractivity contribution in [1.82, 2.24) is 29.4 Å². The predicted octanol–water partition coefficient (Wildman–Crippen LogP) is 2.43. The highest BCUT2D eigenvalue weighted by atomic mass is 19.1. The van der Waals surface area contributed by atoms with Crippen LogP contribution in [0.3, 0.4) is 0 Å². The lowest BCUT2D eigenvalue weighted by Crippen LogP contribution is -2.36. The van der Waals surface area contributed by atoms with E-state index in [9.17, 15) is 9.18 Å². The van der Waals surface area contributed by atoms with E-state index < -0.39 is 5.82 Å². The van der Waals surface area contributed by atoms with E-state index in [4.69, 9.17) is 5.10 Å². The van der Waals surface area contributed by atoms with Crippen LogP contribution in [0.15, 0.2) is 30.6 Å². The molecule has 1 aliphatic heterocycles. The van der Waals surface area contributed by atoms with Gasteiger partial charge in [-0.3, -0.25) is 9.48 Å². The number of hydrogen-bond donors (Lipinski definition) is 0. The number of fused-ring (bicyclic) bond motifs is 1.